The number of nitrogens with one attached hydrogen (secondary N) is 1. The van der Waals surface area contributed by atoms with Crippen molar-refractivity contribution in [3.05, 3.63) is 0 Å². The molecular formula is C10H21ClN2O2S. The van der Waals surface area contributed by atoms with E-state index >= 15 is 0 Å². The highest BCUT2D eigenvalue weighted by molar-refractivity contribution is 7.89. The van der Waals surface area contributed by atoms with Gasteiger partial charge in [-0.05, 0) is 25.3 Å². The van der Waals surface area contributed by atoms with Crippen molar-refractivity contribution in [2.45, 2.75) is 25.7 Å². The van der Waals surface area contributed by atoms with Crippen LogP contribution in [-0.2, 0) is 10.0 Å². The maximum absolute atomic E-state index is 12.0. The normalized spacial score (nSPS) is 23.5. The highest BCUT2D eigenvalue weighted by Gasteiger charge is 2.27. The average molecular weight is 269 g/mol. The van der Waals surface area contributed by atoms with Gasteiger partial charge < -0.3 is 5.32 Å². The average Bonchev–Trinajstić information content (AvgIpc) is 3.03. The lowest BCUT2D eigenvalue weighted by atomic mass is 10.3. The van der Waals surface area contributed by atoms with E-state index in [1.54, 1.807) is 4.31 Å². The van der Waals surface area contributed by atoms with E-state index < -0.39 is 10.0 Å². The molecule has 4 nitrogen and oxygen atoms in total. The van der Waals surface area contributed by atoms with Crippen molar-refractivity contribution in [2.24, 2.45) is 5.92 Å². The van der Waals surface area contributed by atoms with Crippen molar-refractivity contribution in [1.29, 1.82) is 0 Å². The van der Waals surface area contributed by atoms with Crippen molar-refractivity contribution in [3.8, 4) is 0 Å². The molecule has 0 aromatic heterocycles. The molecule has 0 aromatic carbocycles. The van der Waals surface area contributed by atoms with Gasteiger partial charge in [-0.3, -0.25) is 0 Å². The third-order valence-corrected chi connectivity index (χ3v) is 5.08. The maximum atomic E-state index is 12.0. The van der Waals surface area contributed by atoms with Crippen LogP contribution in [0, 0.1) is 5.92 Å². The third kappa shape index (κ3) is 4.20. The SMILES string of the molecule is Cl.O=S(=O)(CCC1CC1)N1CCCNCC1. The fourth-order valence-corrected chi connectivity index (χ4v) is 3.62. The summed E-state index contributed by atoms with van der Waals surface area (Å²) in [6.07, 6.45) is 4.27. The molecule has 2 fully saturated rings. The molecule has 0 radical (unpaired) electrons. The van der Waals surface area contributed by atoms with Gasteiger partial charge in [0.15, 0.2) is 0 Å². The summed E-state index contributed by atoms with van der Waals surface area (Å²) in [4.78, 5) is 0. The quantitative estimate of drug-likeness (QED) is 0.822. The molecular weight excluding hydrogens is 248 g/mol. The largest absolute Gasteiger partial charge is 0.315 e. The number of nitrogens with zero attached hydrogens (tertiary/aromatic N) is 1. The number of halogens is 1. The monoisotopic (exact) mass is 268 g/mol. The molecule has 0 aromatic rings. The second kappa shape index (κ2) is 6.19. The molecule has 1 heterocycles. The summed E-state index contributed by atoms with van der Waals surface area (Å²) in [5.74, 6) is 1.06. The first-order valence-corrected chi connectivity index (χ1v) is 7.48. The predicted molar refractivity (Wildman–Crippen MR) is 67.4 cm³/mol. The summed E-state index contributed by atoms with van der Waals surface area (Å²) in [5, 5.41) is 3.22. The number of sulfonamides is 1. The van der Waals surface area contributed by atoms with Crippen LogP contribution in [0.5, 0.6) is 0 Å². The van der Waals surface area contributed by atoms with Gasteiger partial charge in [-0.1, -0.05) is 12.8 Å². The summed E-state index contributed by atoms with van der Waals surface area (Å²) in [7, 11) is -2.97. The minimum Gasteiger partial charge on any atom is -0.315 e. The Labute approximate surface area is 104 Å². The molecule has 2 aliphatic rings. The first-order chi connectivity index (χ1) is 7.18. The third-order valence-electron chi connectivity index (χ3n) is 3.17. The van der Waals surface area contributed by atoms with Gasteiger partial charge in [-0.2, -0.15) is 0 Å². The molecule has 0 amide bonds. The van der Waals surface area contributed by atoms with Crippen molar-refractivity contribution >= 4 is 22.4 Å². The second-order valence-electron chi connectivity index (χ2n) is 4.55. The Morgan fingerprint density at radius 3 is 2.62 bits per heavy atom. The van der Waals surface area contributed by atoms with Gasteiger partial charge in [0.2, 0.25) is 10.0 Å². The Bertz CT molecular complexity index is 296. The van der Waals surface area contributed by atoms with Crippen molar-refractivity contribution in [3.63, 3.8) is 0 Å². The highest BCUT2D eigenvalue weighted by atomic mass is 35.5. The summed E-state index contributed by atoms with van der Waals surface area (Å²) in [5.41, 5.74) is 0. The van der Waals surface area contributed by atoms with E-state index in [-0.39, 0.29) is 12.4 Å². The number of hydrogen-bond acceptors (Lipinski definition) is 3. The molecule has 2 rings (SSSR count). The highest BCUT2D eigenvalue weighted by Crippen LogP contribution is 2.32. The molecule has 1 aliphatic heterocycles. The molecule has 0 spiro atoms. The molecule has 1 N–H and O–H groups in total. The Morgan fingerprint density at radius 1 is 1.19 bits per heavy atom. The van der Waals surface area contributed by atoms with E-state index in [0.717, 1.165) is 25.9 Å². The van der Waals surface area contributed by atoms with Gasteiger partial charge in [0.25, 0.3) is 0 Å². The summed E-state index contributed by atoms with van der Waals surface area (Å²) in [6, 6.07) is 0. The van der Waals surface area contributed by atoms with Crippen molar-refractivity contribution in [1.82, 2.24) is 9.62 Å². The summed E-state index contributed by atoms with van der Waals surface area (Å²) < 4.78 is 25.6. The topological polar surface area (TPSA) is 49.4 Å². The molecule has 1 saturated carbocycles. The minimum absolute atomic E-state index is 0. The first kappa shape index (κ1) is 14.2. The Kier molecular flexibility index (Phi) is 5.50. The van der Waals surface area contributed by atoms with Crippen molar-refractivity contribution < 1.29 is 8.42 Å². The van der Waals surface area contributed by atoms with E-state index in [1.165, 1.54) is 12.8 Å². The molecule has 1 aliphatic carbocycles. The Morgan fingerprint density at radius 2 is 1.94 bits per heavy atom. The van der Waals surface area contributed by atoms with Crippen LogP contribution >= 0.6 is 12.4 Å². The van der Waals surface area contributed by atoms with E-state index in [1.807, 2.05) is 0 Å². The van der Waals surface area contributed by atoms with Crippen LogP contribution in [0.3, 0.4) is 0 Å². The molecule has 0 unspecified atom stereocenters. The van der Waals surface area contributed by atoms with Gasteiger partial charge >= 0.3 is 0 Å². The van der Waals surface area contributed by atoms with Crippen LogP contribution in [0.25, 0.3) is 0 Å². The van der Waals surface area contributed by atoms with Crippen LogP contribution < -0.4 is 5.32 Å². The lowest BCUT2D eigenvalue weighted by Gasteiger charge is -2.19. The smallest absolute Gasteiger partial charge is 0.214 e. The zero-order chi connectivity index (χ0) is 10.7. The van der Waals surface area contributed by atoms with Gasteiger partial charge in [0.05, 0.1) is 5.75 Å². The Balaban J connectivity index is 0.00000128. The van der Waals surface area contributed by atoms with E-state index in [0.29, 0.717) is 24.8 Å². The lowest BCUT2D eigenvalue weighted by molar-refractivity contribution is 0.430. The fraction of sp³-hybridized carbons (Fsp3) is 1.00. The van der Waals surface area contributed by atoms with E-state index in [2.05, 4.69) is 5.32 Å². The van der Waals surface area contributed by atoms with E-state index in [9.17, 15) is 8.42 Å². The number of hydrogen-bond donors (Lipinski definition) is 1. The first-order valence-electron chi connectivity index (χ1n) is 5.87. The van der Waals surface area contributed by atoms with Crippen LogP contribution in [0.1, 0.15) is 25.7 Å². The lowest BCUT2D eigenvalue weighted by Crippen LogP contribution is -2.35. The summed E-state index contributed by atoms with van der Waals surface area (Å²) >= 11 is 0. The molecule has 1 saturated heterocycles. The van der Waals surface area contributed by atoms with Crippen LogP contribution in [0.15, 0.2) is 0 Å². The minimum atomic E-state index is -2.97. The fourth-order valence-electron chi connectivity index (χ4n) is 1.95. The molecule has 6 heteroatoms. The van der Waals surface area contributed by atoms with Gasteiger partial charge in [-0.15, -0.1) is 12.4 Å². The molecule has 0 bridgehead atoms. The van der Waals surface area contributed by atoms with Crippen molar-refractivity contribution in [2.75, 3.05) is 31.9 Å². The van der Waals surface area contributed by atoms with Gasteiger partial charge in [0.1, 0.15) is 0 Å². The van der Waals surface area contributed by atoms with E-state index in [4.69, 9.17) is 0 Å². The maximum Gasteiger partial charge on any atom is 0.214 e. The zero-order valence-corrected chi connectivity index (χ0v) is 11.2. The molecule has 0 atom stereocenters. The summed E-state index contributed by atoms with van der Waals surface area (Å²) in [6.45, 7) is 3.07. The second-order valence-corrected chi connectivity index (χ2v) is 6.64. The van der Waals surface area contributed by atoms with Crippen LogP contribution in [0.2, 0.25) is 0 Å². The van der Waals surface area contributed by atoms with Gasteiger partial charge in [0, 0.05) is 19.6 Å². The number of rotatable bonds is 4. The standard InChI is InChI=1S/C10H20N2O2S.ClH/c13-15(14,9-4-10-2-3-10)12-7-1-5-11-6-8-12;/h10-11H,1-9H2;1H. The predicted octanol–water partition coefficient (Wildman–Crippen LogP) is 0.833. The van der Waals surface area contributed by atoms with Crippen LogP contribution in [-0.4, -0.2) is 44.7 Å². The van der Waals surface area contributed by atoms with Crippen LogP contribution in [0.4, 0.5) is 0 Å². The molecule has 16 heavy (non-hydrogen) atoms. The molecule has 96 valence electrons. The zero-order valence-electron chi connectivity index (χ0n) is 9.52. The van der Waals surface area contributed by atoms with Gasteiger partial charge in [-0.25, -0.2) is 12.7 Å². The Hall–Kier alpha value is 0.160.